The second-order valence-electron chi connectivity index (χ2n) is 12.1. The van der Waals surface area contributed by atoms with Crippen molar-refractivity contribution < 1.29 is 27.1 Å². The molecule has 4 aliphatic rings. The largest absolute Gasteiger partial charge is 0.486 e. The summed E-state index contributed by atoms with van der Waals surface area (Å²) < 4.78 is 57.7. The SMILES string of the molecule is Cn1cnc(S(=O)(=O)N(C2CC2)[C@H]2CCC3=Cc4c(cnn4-c4ccc(F)cc4)C[C@]3(C(=O)c3cc4c(cn3)OCCO4)C2)n1. The fourth-order valence-corrected chi connectivity index (χ4v) is 8.74. The van der Waals surface area contributed by atoms with Crippen LogP contribution in [0.15, 0.2) is 59.8 Å². The van der Waals surface area contributed by atoms with Crippen LogP contribution in [0.25, 0.3) is 11.8 Å². The highest BCUT2D eigenvalue weighted by Crippen LogP contribution is 2.53. The number of Topliss-reactive ketones (excluding diaryl/α,β-unsaturated/α-hetero) is 1. The third-order valence-electron chi connectivity index (χ3n) is 9.16. The Bertz CT molecular complexity index is 1970. The zero-order chi connectivity index (χ0) is 30.9. The third-order valence-corrected chi connectivity index (χ3v) is 11.0. The molecule has 4 aromatic rings. The summed E-state index contributed by atoms with van der Waals surface area (Å²) >= 11 is 0. The van der Waals surface area contributed by atoms with Gasteiger partial charge in [-0.15, -0.1) is 5.10 Å². The highest BCUT2D eigenvalue weighted by molar-refractivity contribution is 7.89. The second kappa shape index (κ2) is 10.3. The van der Waals surface area contributed by atoms with E-state index in [2.05, 4.69) is 20.2 Å². The second-order valence-corrected chi connectivity index (χ2v) is 13.8. The van der Waals surface area contributed by atoms with E-state index in [1.54, 1.807) is 40.4 Å². The minimum absolute atomic E-state index is 0.172. The lowest BCUT2D eigenvalue weighted by atomic mass is 9.60. The van der Waals surface area contributed by atoms with Gasteiger partial charge in [-0.1, -0.05) is 5.57 Å². The first-order chi connectivity index (χ1) is 21.7. The van der Waals surface area contributed by atoms with Crippen LogP contribution in [0.5, 0.6) is 11.5 Å². The lowest BCUT2D eigenvalue weighted by molar-refractivity contribution is 0.0731. The van der Waals surface area contributed by atoms with E-state index in [-0.39, 0.29) is 34.9 Å². The first-order valence-corrected chi connectivity index (χ1v) is 16.4. The summed E-state index contributed by atoms with van der Waals surface area (Å²) in [5, 5.41) is 8.50. The quantitative estimate of drug-likeness (QED) is 0.281. The molecule has 0 radical (unpaired) electrons. The van der Waals surface area contributed by atoms with Crippen LogP contribution in [0.2, 0.25) is 0 Å². The van der Waals surface area contributed by atoms with Crippen molar-refractivity contribution in [2.24, 2.45) is 12.5 Å². The van der Waals surface area contributed by atoms with E-state index in [9.17, 15) is 17.6 Å². The molecule has 1 aliphatic heterocycles. The molecule has 2 saturated carbocycles. The van der Waals surface area contributed by atoms with Crippen LogP contribution in [0.1, 0.15) is 53.8 Å². The summed E-state index contributed by atoms with van der Waals surface area (Å²) in [6, 6.07) is 7.08. The highest BCUT2D eigenvalue weighted by Gasteiger charge is 2.54. The molecule has 2 atom stereocenters. The van der Waals surface area contributed by atoms with Gasteiger partial charge in [0.1, 0.15) is 31.1 Å². The van der Waals surface area contributed by atoms with Crippen molar-refractivity contribution in [1.82, 2.24) is 33.8 Å². The molecular formula is C31H30FN7O5S. The van der Waals surface area contributed by atoms with Gasteiger partial charge in [0.25, 0.3) is 15.2 Å². The number of pyridine rings is 1. The van der Waals surface area contributed by atoms with Crippen molar-refractivity contribution >= 4 is 21.9 Å². The molecule has 14 heteroatoms. The lowest BCUT2D eigenvalue weighted by Gasteiger charge is -2.46. The van der Waals surface area contributed by atoms with E-state index in [1.807, 2.05) is 6.08 Å². The average molecular weight is 632 g/mol. The Labute approximate surface area is 258 Å². The first kappa shape index (κ1) is 28.1. The summed E-state index contributed by atoms with van der Waals surface area (Å²) in [7, 11) is -2.39. The number of allylic oxidation sites excluding steroid dienone is 1. The van der Waals surface area contributed by atoms with Crippen LogP contribution in [-0.2, 0) is 23.5 Å². The van der Waals surface area contributed by atoms with Gasteiger partial charge in [-0.2, -0.15) is 9.40 Å². The normalized spacial score (nSPS) is 22.5. The Morgan fingerprint density at radius 3 is 2.56 bits per heavy atom. The molecular weight excluding hydrogens is 601 g/mol. The van der Waals surface area contributed by atoms with Gasteiger partial charge < -0.3 is 9.47 Å². The molecule has 0 N–H and O–H groups in total. The topological polar surface area (TPSA) is 134 Å². The number of ketones is 1. The van der Waals surface area contributed by atoms with E-state index in [0.717, 1.165) is 29.7 Å². The Morgan fingerprint density at radius 2 is 1.82 bits per heavy atom. The number of halogens is 1. The third kappa shape index (κ3) is 4.65. The number of sulfonamides is 1. The molecule has 232 valence electrons. The van der Waals surface area contributed by atoms with Crippen molar-refractivity contribution in [2.75, 3.05) is 13.2 Å². The molecule has 8 rings (SSSR count). The van der Waals surface area contributed by atoms with E-state index >= 15 is 0 Å². The summed E-state index contributed by atoms with van der Waals surface area (Å²) in [4.78, 5) is 23.3. The molecule has 4 heterocycles. The van der Waals surface area contributed by atoms with Gasteiger partial charge in [0.2, 0.25) is 0 Å². The molecule has 2 fully saturated rings. The van der Waals surface area contributed by atoms with Crippen LogP contribution in [0.3, 0.4) is 0 Å². The zero-order valence-corrected chi connectivity index (χ0v) is 25.3. The Kier molecular flexibility index (Phi) is 6.43. The molecule has 45 heavy (non-hydrogen) atoms. The number of ether oxygens (including phenoxy) is 2. The van der Waals surface area contributed by atoms with E-state index in [0.29, 0.717) is 49.7 Å². The summed E-state index contributed by atoms with van der Waals surface area (Å²) in [5.74, 6) is 0.384. The maximum atomic E-state index is 14.8. The highest BCUT2D eigenvalue weighted by atomic mass is 32.2. The van der Waals surface area contributed by atoms with E-state index in [4.69, 9.17) is 9.47 Å². The number of carbonyl (C=O) groups is 1. The Morgan fingerprint density at radius 1 is 1.04 bits per heavy atom. The van der Waals surface area contributed by atoms with Crippen molar-refractivity contribution in [3.63, 3.8) is 0 Å². The number of rotatable bonds is 7. The number of benzene rings is 1. The molecule has 1 aromatic carbocycles. The Hall–Kier alpha value is -4.43. The van der Waals surface area contributed by atoms with Gasteiger partial charge in [0.15, 0.2) is 17.3 Å². The lowest BCUT2D eigenvalue weighted by Crippen LogP contribution is -2.51. The molecule has 0 spiro atoms. The monoisotopic (exact) mass is 631 g/mol. The zero-order valence-electron chi connectivity index (χ0n) is 24.5. The average Bonchev–Trinajstić information content (AvgIpc) is 3.62. The molecule has 3 aromatic heterocycles. The number of aryl methyl sites for hydroxylation is 1. The summed E-state index contributed by atoms with van der Waals surface area (Å²) in [6.07, 6.45) is 9.68. The van der Waals surface area contributed by atoms with Gasteiger partial charge in [-0.05, 0) is 74.4 Å². The molecule has 0 unspecified atom stereocenters. The number of hydrogen-bond acceptors (Lipinski definition) is 9. The molecule has 0 bridgehead atoms. The number of fused-ring (bicyclic) bond motifs is 3. The van der Waals surface area contributed by atoms with Gasteiger partial charge in [0, 0.05) is 25.2 Å². The minimum atomic E-state index is -4.02. The predicted molar refractivity (Wildman–Crippen MR) is 158 cm³/mol. The minimum Gasteiger partial charge on any atom is -0.486 e. The van der Waals surface area contributed by atoms with Crippen LogP contribution >= 0.6 is 0 Å². The standard InChI is InChI=1S/C31H30FN7O5S/c1-37-18-34-30(36-37)45(41,42)39(23-8-9-23)24-5-2-20-12-26-19(16-35-38(26)22-6-3-21(32)4-7-22)14-31(20,15-24)29(40)25-13-27-28(17-33-25)44-11-10-43-27/h3-4,6-7,12-13,16-18,23-24H,2,5,8-11,14-15H2,1H3/t24-,31-/m0/s1. The summed E-state index contributed by atoms with van der Waals surface area (Å²) in [5.41, 5.74) is 2.39. The van der Waals surface area contributed by atoms with Gasteiger partial charge in [0.05, 0.1) is 29.2 Å². The van der Waals surface area contributed by atoms with Gasteiger partial charge in [-0.3, -0.25) is 9.48 Å². The van der Waals surface area contributed by atoms with Gasteiger partial charge in [-0.25, -0.2) is 27.5 Å². The Balaban J connectivity index is 1.22. The number of aromatic nitrogens is 6. The fourth-order valence-electron chi connectivity index (χ4n) is 6.96. The first-order valence-electron chi connectivity index (χ1n) is 15.0. The number of hydrogen-bond donors (Lipinski definition) is 0. The number of nitrogens with zero attached hydrogens (tertiary/aromatic N) is 7. The van der Waals surface area contributed by atoms with Crippen LogP contribution in [0.4, 0.5) is 4.39 Å². The molecule has 0 amide bonds. The molecule has 3 aliphatic carbocycles. The maximum Gasteiger partial charge on any atom is 0.282 e. The van der Waals surface area contributed by atoms with Crippen molar-refractivity contribution in [3.8, 4) is 17.2 Å². The molecule has 0 saturated heterocycles. The summed E-state index contributed by atoms with van der Waals surface area (Å²) in [6.45, 7) is 0.766. The fraction of sp³-hybridized carbons (Fsp3) is 0.387. The van der Waals surface area contributed by atoms with Crippen molar-refractivity contribution in [2.45, 2.75) is 55.8 Å². The maximum absolute atomic E-state index is 14.8. The smallest absolute Gasteiger partial charge is 0.282 e. The predicted octanol–water partition coefficient (Wildman–Crippen LogP) is 3.52. The van der Waals surface area contributed by atoms with Crippen molar-refractivity contribution in [3.05, 3.63) is 77.4 Å². The van der Waals surface area contributed by atoms with Crippen LogP contribution < -0.4 is 9.47 Å². The van der Waals surface area contributed by atoms with Crippen molar-refractivity contribution in [1.29, 1.82) is 0 Å². The van der Waals surface area contributed by atoms with Gasteiger partial charge >= 0.3 is 0 Å². The number of carbonyl (C=O) groups excluding carboxylic acids is 1. The van der Waals surface area contributed by atoms with E-state index < -0.39 is 21.5 Å². The molecule has 12 nitrogen and oxygen atoms in total. The van der Waals surface area contributed by atoms with Crippen LogP contribution in [0, 0.1) is 11.2 Å². The van der Waals surface area contributed by atoms with Crippen LogP contribution in [-0.4, -0.2) is 73.3 Å². The van der Waals surface area contributed by atoms with E-state index in [1.165, 1.54) is 29.3 Å².